The van der Waals surface area contributed by atoms with E-state index in [1.807, 2.05) is 6.92 Å². The Kier molecular flexibility index (Phi) is 4.79. The normalized spacial score (nSPS) is 10.3. The van der Waals surface area contributed by atoms with Crippen molar-refractivity contribution in [2.75, 3.05) is 17.7 Å². The lowest BCUT2D eigenvalue weighted by molar-refractivity contribution is 0.307. The van der Waals surface area contributed by atoms with Crippen LogP contribution in [0.15, 0.2) is 34.8 Å². The van der Waals surface area contributed by atoms with E-state index in [9.17, 15) is 4.39 Å². The molecule has 6 heteroatoms. The first-order chi connectivity index (χ1) is 9.60. The lowest BCUT2D eigenvalue weighted by Crippen LogP contribution is -2.03. The van der Waals surface area contributed by atoms with Crippen molar-refractivity contribution < 1.29 is 9.13 Å². The van der Waals surface area contributed by atoms with Crippen molar-refractivity contribution >= 4 is 33.1 Å². The Labute approximate surface area is 125 Å². The van der Waals surface area contributed by atoms with Crippen LogP contribution in [-0.2, 0) is 0 Å². The lowest BCUT2D eigenvalue weighted by Gasteiger charge is -2.11. The van der Waals surface area contributed by atoms with Crippen LogP contribution in [0.5, 0.6) is 5.88 Å². The standard InChI is InChI=1S/C14H15BrFN3O/c1-2-7-20-14-11(17)4-6-13(19-14)18-12-5-3-9(15)8-10(12)16/h3-6,8H,2,7,17H2,1H3,(H,18,19). The molecule has 1 aromatic carbocycles. The van der Waals surface area contributed by atoms with Gasteiger partial charge >= 0.3 is 0 Å². The highest BCUT2D eigenvalue weighted by atomic mass is 79.9. The number of hydrogen-bond donors (Lipinski definition) is 2. The van der Waals surface area contributed by atoms with Gasteiger partial charge in [-0.3, -0.25) is 0 Å². The van der Waals surface area contributed by atoms with Crippen LogP contribution in [0.25, 0.3) is 0 Å². The van der Waals surface area contributed by atoms with Crippen LogP contribution in [0.2, 0.25) is 0 Å². The highest BCUT2D eigenvalue weighted by Gasteiger charge is 2.07. The second-order valence-electron chi connectivity index (χ2n) is 4.19. The molecule has 3 N–H and O–H groups in total. The molecule has 2 rings (SSSR count). The van der Waals surface area contributed by atoms with Crippen LogP contribution < -0.4 is 15.8 Å². The Bertz CT molecular complexity index is 607. The van der Waals surface area contributed by atoms with Gasteiger partial charge in [0, 0.05) is 4.47 Å². The first kappa shape index (κ1) is 14.6. The van der Waals surface area contributed by atoms with E-state index in [0.29, 0.717) is 34.2 Å². The average Bonchev–Trinajstić information content (AvgIpc) is 2.42. The lowest BCUT2D eigenvalue weighted by atomic mass is 10.3. The molecule has 4 nitrogen and oxygen atoms in total. The molecule has 1 aromatic heterocycles. The summed E-state index contributed by atoms with van der Waals surface area (Å²) in [5.74, 6) is 0.468. The Morgan fingerprint density at radius 1 is 1.35 bits per heavy atom. The highest BCUT2D eigenvalue weighted by Crippen LogP contribution is 2.26. The van der Waals surface area contributed by atoms with Gasteiger partial charge in [0.2, 0.25) is 5.88 Å². The number of anilines is 3. The molecule has 0 aliphatic carbocycles. The number of hydrogen-bond acceptors (Lipinski definition) is 4. The van der Waals surface area contributed by atoms with Gasteiger partial charge in [0.1, 0.15) is 11.6 Å². The number of nitrogens with two attached hydrogens (primary N) is 1. The third kappa shape index (κ3) is 3.60. The predicted octanol–water partition coefficient (Wildman–Crippen LogP) is 4.10. The molecule has 2 aromatic rings. The Balaban J connectivity index is 2.20. The molecule has 0 radical (unpaired) electrons. The maximum Gasteiger partial charge on any atom is 0.239 e. The summed E-state index contributed by atoms with van der Waals surface area (Å²) >= 11 is 3.21. The van der Waals surface area contributed by atoms with Crippen LogP contribution in [0.1, 0.15) is 13.3 Å². The summed E-state index contributed by atoms with van der Waals surface area (Å²) in [4.78, 5) is 4.23. The van der Waals surface area contributed by atoms with Gasteiger partial charge in [0.05, 0.1) is 18.0 Å². The minimum atomic E-state index is -0.367. The largest absolute Gasteiger partial charge is 0.476 e. The average molecular weight is 340 g/mol. The Morgan fingerprint density at radius 3 is 2.85 bits per heavy atom. The van der Waals surface area contributed by atoms with E-state index >= 15 is 0 Å². The second kappa shape index (κ2) is 6.56. The first-order valence-corrected chi connectivity index (χ1v) is 7.01. The van der Waals surface area contributed by atoms with Crippen molar-refractivity contribution in [2.45, 2.75) is 13.3 Å². The van der Waals surface area contributed by atoms with E-state index in [4.69, 9.17) is 10.5 Å². The number of pyridine rings is 1. The Hall–Kier alpha value is -1.82. The van der Waals surface area contributed by atoms with Crippen LogP contribution in [0.3, 0.4) is 0 Å². The van der Waals surface area contributed by atoms with E-state index < -0.39 is 0 Å². The molecule has 106 valence electrons. The van der Waals surface area contributed by atoms with E-state index in [-0.39, 0.29) is 5.82 Å². The number of rotatable bonds is 5. The van der Waals surface area contributed by atoms with Gasteiger partial charge in [-0.05, 0) is 36.8 Å². The number of nitrogen functional groups attached to an aromatic ring is 1. The summed E-state index contributed by atoms with van der Waals surface area (Å²) < 4.78 is 19.9. The zero-order valence-electron chi connectivity index (χ0n) is 11.0. The summed E-state index contributed by atoms with van der Waals surface area (Å²) in [5.41, 5.74) is 6.58. The van der Waals surface area contributed by atoms with Crippen LogP contribution in [0.4, 0.5) is 21.6 Å². The maximum absolute atomic E-state index is 13.7. The van der Waals surface area contributed by atoms with Crippen molar-refractivity contribution in [3.63, 3.8) is 0 Å². The summed E-state index contributed by atoms with van der Waals surface area (Å²) in [6, 6.07) is 8.11. The third-order valence-corrected chi connectivity index (χ3v) is 3.02. The topological polar surface area (TPSA) is 60.2 Å². The molecule has 0 saturated carbocycles. The SMILES string of the molecule is CCCOc1nc(Nc2ccc(Br)cc2F)ccc1N. The molecule has 0 bridgehead atoms. The Morgan fingerprint density at radius 2 is 2.15 bits per heavy atom. The van der Waals surface area contributed by atoms with Crippen LogP contribution >= 0.6 is 15.9 Å². The number of aromatic nitrogens is 1. The van der Waals surface area contributed by atoms with Crippen molar-refractivity contribution in [2.24, 2.45) is 0 Å². The summed E-state index contributed by atoms with van der Waals surface area (Å²) in [6.07, 6.45) is 0.861. The van der Waals surface area contributed by atoms with Crippen molar-refractivity contribution in [3.8, 4) is 5.88 Å². The van der Waals surface area contributed by atoms with E-state index in [1.54, 1.807) is 24.3 Å². The molecular formula is C14H15BrFN3O. The fourth-order valence-electron chi connectivity index (χ4n) is 1.56. The zero-order chi connectivity index (χ0) is 14.5. The van der Waals surface area contributed by atoms with Crippen molar-refractivity contribution in [3.05, 3.63) is 40.6 Å². The number of nitrogens with zero attached hydrogens (tertiary/aromatic N) is 1. The maximum atomic E-state index is 13.7. The van der Waals surface area contributed by atoms with Crippen LogP contribution in [0, 0.1) is 5.82 Å². The third-order valence-electron chi connectivity index (χ3n) is 2.53. The van der Waals surface area contributed by atoms with Gasteiger partial charge in [-0.15, -0.1) is 0 Å². The van der Waals surface area contributed by atoms with E-state index in [2.05, 4.69) is 26.2 Å². The van der Waals surface area contributed by atoms with Gasteiger partial charge in [0.25, 0.3) is 0 Å². The summed E-state index contributed by atoms with van der Waals surface area (Å²) in [7, 11) is 0. The molecule has 0 aliphatic rings. The number of ether oxygens (including phenoxy) is 1. The van der Waals surface area contributed by atoms with Gasteiger partial charge in [-0.1, -0.05) is 22.9 Å². The molecule has 0 saturated heterocycles. The minimum Gasteiger partial charge on any atom is -0.476 e. The molecular weight excluding hydrogens is 325 g/mol. The monoisotopic (exact) mass is 339 g/mol. The zero-order valence-corrected chi connectivity index (χ0v) is 12.6. The molecule has 0 fully saturated rings. The van der Waals surface area contributed by atoms with E-state index in [0.717, 1.165) is 6.42 Å². The van der Waals surface area contributed by atoms with E-state index in [1.165, 1.54) is 6.07 Å². The molecule has 0 spiro atoms. The van der Waals surface area contributed by atoms with Gasteiger partial charge in [0.15, 0.2) is 0 Å². The highest BCUT2D eigenvalue weighted by molar-refractivity contribution is 9.10. The smallest absolute Gasteiger partial charge is 0.239 e. The fraction of sp³-hybridized carbons (Fsp3) is 0.214. The molecule has 20 heavy (non-hydrogen) atoms. The molecule has 0 amide bonds. The number of benzene rings is 1. The van der Waals surface area contributed by atoms with Crippen molar-refractivity contribution in [1.82, 2.24) is 4.98 Å². The van der Waals surface area contributed by atoms with Gasteiger partial charge in [-0.2, -0.15) is 4.98 Å². The summed E-state index contributed by atoms with van der Waals surface area (Å²) in [5, 5.41) is 2.90. The minimum absolute atomic E-state index is 0.340. The number of halogens is 2. The molecule has 0 atom stereocenters. The summed E-state index contributed by atoms with van der Waals surface area (Å²) in [6.45, 7) is 2.53. The second-order valence-corrected chi connectivity index (χ2v) is 5.10. The predicted molar refractivity (Wildman–Crippen MR) is 81.8 cm³/mol. The molecule has 0 unspecified atom stereocenters. The quantitative estimate of drug-likeness (QED) is 0.860. The van der Waals surface area contributed by atoms with Gasteiger partial charge < -0.3 is 15.8 Å². The van der Waals surface area contributed by atoms with Crippen LogP contribution in [-0.4, -0.2) is 11.6 Å². The fourth-order valence-corrected chi connectivity index (χ4v) is 1.90. The first-order valence-electron chi connectivity index (χ1n) is 6.21. The van der Waals surface area contributed by atoms with Gasteiger partial charge in [-0.25, -0.2) is 4.39 Å². The number of nitrogens with one attached hydrogen (secondary N) is 1. The molecule has 1 heterocycles. The van der Waals surface area contributed by atoms with Crippen molar-refractivity contribution in [1.29, 1.82) is 0 Å². The molecule has 0 aliphatic heterocycles.